The molecule has 4 nitrogen and oxygen atoms in total. The van der Waals surface area contributed by atoms with Crippen molar-refractivity contribution in [3.05, 3.63) is 23.8 Å². The van der Waals surface area contributed by atoms with Crippen molar-refractivity contribution in [3.8, 4) is 5.75 Å². The van der Waals surface area contributed by atoms with Crippen LogP contribution in [0.4, 0.5) is 13.2 Å². The van der Waals surface area contributed by atoms with Gasteiger partial charge in [-0.3, -0.25) is 0 Å². The minimum atomic E-state index is -4.87. The van der Waals surface area contributed by atoms with E-state index >= 15 is 0 Å². The first-order chi connectivity index (χ1) is 7.08. The Hall–Kier alpha value is -1.28. The van der Waals surface area contributed by atoms with Gasteiger partial charge < -0.3 is 4.74 Å². The lowest BCUT2D eigenvalue weighted by molar-refractivity contribution is -0.274. The molecule has 0 atom stereocenters. The number of hydrogen-bond donors (Lipinski definition) is 1. The Bertz CT molecular complexity index is 496. The molecule has 0 aliphatic carbocycles. The number of sulfonamides is 1. The predicted octanol–water partition coefficient (Wildman–Crippen LogP) is 1.54. The van der Waals surface area contributed by atoms with Crippen molar-refractivity contribution in [2.45, 2.75) is 18.2 Å². The van der Waals surface area contributed by atoms with Crippen LogP contribution < -0.4 is 9.88 Å². The van der Waals surface area contributed by atoms with E-state index in [9.17, 15) is 21.6 Å². The van der Waals surface area contributed by atoms with Crippen molar-refractivity contribution < 1.29 is 26.3 Å². The van der Waals surface area contributed by atoms with E-state index in [0.717, 1.165) is 18.2 Å². The van der Waals surface area contributed by atoms with Crippen molar-refractivity contribution in [1.82, 2.24) is 0 Å². The maximum Gasteiger partial charge on any atom is 0.573 e. The van der Waals surface area contributed by atoms with Crippen LogP contribution in [0.2, 0.25) is 0 Å². The van der Waals surface area contributed by atoms with Crippen LogP contribution in [0, 0.1) is 6.92 Å². The van der Waals surface area contributed by atoms with Crippen LogP contribution in [0.1, 0.15) is 5.56 Å². The van der Waals surface area contributed by atoms with Gasteiger partial charge in [-0.05, 0) is 24.6 Å². The molecule has 0 amide bonds. The minimum Gasteiger partial charge on any atom is -0.406 e. The number of primary sulfonamides is 1. The molecule has 0 spiro atoms. The molecule has 1 aromatic carbocycles. The maximum atomic E-state index is 11.9. The van der Waals surface area contributed by atoms with E-state index < -0.39 is 27.0 Å². The van der Waals surface area contributed by atoms with E-state index in [1.807, 2.05) is 0 Å². The zero-order chi connectivity index (χ0) is 12.6. The Balaban J connectivity index is 3.19. The fraction of sp³-hybridized carbons (Fsp3) is 0.250. The highest BCUT2D eigenvalue weighted by Crippen LogP contribution is 2.26. The molecular formula is C8H8F3NO3S. The molecule has 1 rings (SSSR count). The summed E-state index contributed by atoms with van der Waals surface area (Å²) in [6.07, 6.45) is -4.87. The Kier molecular flexibility index (Phi) is 3.15. The lowest BCUT2D eigenvalue weighted by Crippen LogP contribution is -2.18. The van der Waals surface area contributed by atoms with E-state index in [1.165, 1.54) is 6.92 Å². The van der Waals surface area contributed by atoms with Crippen molar-refractivity contribution in [3.63, 3.8) is 0 Å². The summed E-state index contributed by atoms with van der Waals surface area (Å²) < 4.78 is 61.2. The number of nitrogens with two attached hydrogens (primary N) is 1. The van der Waals surface area contributed by atoms with E-state index in [4.69, 9.17) is 5.14 Å². The van der Waals surface area contributed by atoms with Gasteiger partial charge in [0.25, 0.3) is 0 Å². The van der Waals surface area contributed by atoms with Gasteiger partial charge in [0.05, 0.1) is 4.90 Å². The largest absolute Gasteiger partial charge is 0.573 e. The van der Waals surface area contributed by atoms with Gasteiger partial charge in [-0.1, -0.05) is 0 Å². The number of benzene rings is 1. The molecule has 0 radical (unpaired) electrons. The van der Waals surface area contributed by atoms with E-state index in [-0.39, 0.29) is 0 Å². The third-order valence-corrected chi connectivity index (χ3v) is 2.48. The van der Waals surface area contributed by atoms with Gasteiger partial charge in [0.2, 0.25) is 10.0 Å². The third-order valence-electron chi connectivity index (χ3n) is 1.59. The summed E-state index contributed by atoms with van der Waals surface area (Å²) in [7, 11) is -4.05. The molecule has 90 valence electrons. The molecule has 2 N–H and O–H groups in total. The summed E-state index contributed by atoms with van der Waals surface area (Å²) in [5, 5.41) is 4.79. The maximum absolute atomic E-state index is 11.9. The van der Waals surface area contributed by atoms with Gasteiger partial charge in [0, 0.05) is 6.07 Å². The zero-order valence-corrected chi connectivity index (χ0v) is 8.89. The molecule has 0 bridgehead atoms. The first-order valence-corrected chi connectivity index (χ1v) is 5.53. The first-order valence-electron chi connectivity index (χ1n) is 3.98. The van der Waals surface area contributed by atoms with E-state index in [1.54, 1.807) is 0 Å². The second-order valence-electron chi connectivity index (χ2n) is 3.07. The lowest BCUT2D eigenvalue weighted by Gasteiger charge is -2.10. The molecule has 0 aliphatic heterocycles. The molecule has 0 saturated carbocycles. The Morgan fingerprint density at radius 3 is 2.25 bits per heavy atom. The summed E-state index contributed by atoms with van der Waals surface area (Å²) in [6, 6.07) is 2.93. The molecule has 0 aliphatic rings. The zero-order valence-electron chi connectivity index (χ0n) is 8.08. The third kappa shape index (κ3) is 3.70. The molecule has 0 unspecified atom stereocenters. The van der Waals surface area contributed by atoms with Crippen LogP contribution in [0.5, 0.6) is 5.75 Å². The smallest absolute Gasteiger partial charge is 0.406 e. The number of hydrogen-bond acceptors (Lipinski definition) is 3. The molecule has 8 heteroatoms. The fourth-order valence-electron chi connectivity index (χ4n) is 1.07. The van der Waals surface area contributed by atoms with Crippen LogP contribution in [-0.2, 0) is 10.0 Å². The highest BCUT2D eigenvalue weighted by molar-refractivity contribution is 7.89. The van der Waals surface area contributed by atoms with E-state index in [0.29, 0.717) is 5.56 Å². The molecule has 0 saturated heterocycles. The topological polar surface area (TPSA) is 69.4 Å². The number of alkyl halides is 3. The van der Waals surface area contributed by atoms with Crippen LogP contribution in [0.3, 0.4) is 0 Å². The SMILES string of the molecule is Cc1cc(OC(F)(F)F)cc(S(N)(=O)=O)c1. The van der Waals surface area contributed by atoms with E-state index in [2.05, 4.69) is 4.74 Å². The number of halogens is 3. The average Bonchev–Trinajstić information content (AvgIpc) is 1.97. The molecule has 0 fully saturated rings. The second kappa shape index (κ2) is 3.95. The summed E-state index contributed by atoms with van der Waals surface area (Å²) >= 11 is 0. The van der Waals surface area contributed by atoms with Crippen LogP contribution in [0.25, 0.3) is 0 Å². The Morgan fingerprint density at radius 1 is 1.25 bits per heavy atom. The molecule has 16 heavy (non-hydrogen) atoms. The average molecular weight is 255 g/mol. The van der Waals surface area contributed by atoms with Crippen LogP contribution in [0.15, 0.2) is 23.1 Å². The number of ether oxygens (including phenoxy) is 1. The predicted molar refractivity (Wildman–Crippen MR) is 49.2 cm³/mol. The fourth-order valence-corrected chi connectivity index (χ4v) is 1.70. The standard InChI is InChI=1S/C8H8F3NO3S/c1-5-2-6(15-8(9,10)11)4-7(3-5)16(12,13)14/h2-4H,1H3,(H2,12,13,14). The van der Waals surface area contributed by atoms with Crippen molar-refractivity contribution >= 4 is 10.0 Å². The van der Waals surface area contributed by atoms with Crippen molar-refractivity contribution in [2.24, 2.45) is 5.14 Å². The van der Waals surface area contributed by atoms with Crippen molar-refractivity contribution in [2.75, 3.05) is 0 Å². The summed E-state index contributed by atoms with van der Waals surface area (Å²) in [5.74, 6) is -0.614. The first kappa shape index (κ1) is 12.8. The lowest BCUT2D eigenvalue weighted by atomic mass is 10.2. The number of rotatable bonds is 2. The van der Waals surface area contributed by atoms with Gasteiger partial charge in [-0.15, -0.1) is 13.2 Å². The van der Waals surface area contributed by atoms with Gasteiger partial charge in [-0.25, -0.2) is 13.6 Å². The normalized spacial score (nSPS) is 12.6. The quantitative estimate of drug-likeness (QED) is 0.871. The van der Waals surface area contributed by atoms with Crippen molar-refractivity contribution in [1.29, 1.82) is 0 Å². The summed E-state index contributed by atoms with van der Waals surface area (Å²) in [4.78, 5) is -0.424. The van der Waals surface area contributed by atoms with Gasteiger partial charge in [0.1, 0.15) is 5.75 Å². The second-order valence-corrected chi connectivity index (χ2v) is 4.64. The van der Waals surface area contributed by atoms with Gasteiger partial charge >= 0.3 is 6.36 Å². The molecule has 0 heterocycles. The monoisotopic (exact) mass is 255 g/mol. The number of aryl methyl sites for hydroxylation is 1. The summed E-state index contributed by atoms with van der Waals surface area (Å²) in [5.41, 5.74) is 0.297. The van der Waals surface area contributed by atoms with Gasteiger partial charge in [0.15, 0.2) is 0 Å². The van der Waals surface area contributed by atoms with Gasteiger partial charge in [-0.2, -0.15) is 0 Å². The molecule has 0 aromatic heterocycles. The highest BCUT2D eigenvalue weighted by atomic mass is 32.2. The Morgan fingerprint density at radius 2 is 1.81 bits per heavy atom. The summed E-state index contributed by atoms with van der Waals surface area (Å²) in [6.45, 7) is 1.43. The molecular weight excluding hydrogens is 247 g/mol. The van der Waals surface area contributed by atoms with Crippen LogP contribution >= 0.6 is 0 Å². The highest BCUT2D eigenvalue weighted by Gasteiger charge is 2.31. The Labute approximate surface area is 89.9 Å². The minimum absolute atomic E-state index is 0.297. The molecule has 1 aromatic rings. The van der Waals surface area contributed by atoms with Crippen LogP contribution in [-0.4, -0.2) is 14.8 Å².